The van der Waals surface area contributed by atoms with Crippen LogP contribution in [0.5, 0.6) is 0 Å². The largest absolute Gasteiger partial charge is 0.323 e. The number of carbonyl (C=O) groups is 1. The van der Waals surface area contributed by atoms with Gasteiger partial charge in [0.15, 0.2) is 0 Å². The van der Waals surface area contributed by atoms with Crippen molar-refractivity contribution in [1.82, 2.24) is 5.32 Å². The maximum absolute atomic E-state index is 11.8. The Hall–Kier alpha value is -1.77. The topological polar surface area (TPSA) is 41.1 Å². The molecule has 0 atom stereocenters. The predicted molar refractivity (Wildman–Crippen MR) is 79.2 cm³/mol. The van der Waals surface area contributed by atoms with Crippen molar-refractivity contribution < 1.29 is 4.79 Å². The molecule has 102 valence electrons. The van der Waals surface area contributed by atoms with Crippen LogP contribution in [0, 0.1) is 13.8 Å². The second-order valence-electron chi connectivity index (χ2n) is 5.34. The second-order valence-corrected chi connectivity index (χ2v) is 5.34. The number of carbonyl (C=O) groups excluding carboxylic acids is 1. The molecule has 3 heteroatoms. The molecule has 1 aromatic rings. The Morgan fingerprint density at radius 2 is 1.68 bits per heavy atom. The number of benzene rings is 1. The van der Waals surface area contributed by atoms with Crippen LogP contribution in [-0.4, -0.2) is 6.03 Å². The summed E-state index contributed by atoms with van der Waals surface area (Å²) < 4.78 is 0. The molecule has 2 amide bonds. The Morgan fingerprint density at radius 1 is 1.05 bits per heavy atom. The van der Waals surface area contributed by atoms with Gasteiger partial charge in [0.1, 0.15) is 0 Å². The Labute approximate surface area is 115 Å². The van der Waals surface area contributed by atoms with Crippen molar-refractivity contribution in [3.05, 3.63) is 41.1 Å². The summed E-state index contributed by atoms with van der Waals surface area (Å²) >= 11 is 0. The lowest BCUT2D eigenvalue weighted by Crippen LogP contribution is -2.24. The minimum atomic E-state index is -0.164. The van der Waals surface area contributed by atoms with Crippen LogP contribution in [0.2, 0.25) is 0 Å². The van der Waals surface area contributed by atoms with Gasteiger partial charge in [0.25, 0.3) is 0 Å². The van der Waals surface area contributed by atoms with Gasteiger partial charge in [0.05, 0.1) is 0 Å². The third kappa shape index (κ3) is 4.43. The summed E-state index contributed by atoms with van der Waals surface area (Å²) in [6, 6.07) is 5.87. The number of aryl methyl sites for hydroxylation is 2. The molecule has 0 heterocycles. The highest BCUT2D eigenvalue weighted by molar-refractivity contribution is 5.90. The molecule has 3 nitrogen and oxygen atoms in total. The molecule has 0 aromatic heterocycles. The van der Waals surface area contributed by atoms with E-state index in [1.165, 1.54) is 24.8 Å². The van der Waals surface area contributed by atoms with Gasteiger partial charge >= 0.3 is 6.03 Å². The van der Waals surface area contributed by atoms with E-state index in [2.05, 4.69) is 16.7 Å². The molecule has 0 saturated heterocycles. The molecule has 2 rings (SSSR count). The number of allylic oxidation sites excluding steroid dienone is 1. The van der Waals surface area contributed by atoms with Gasteiger partial charge in [-0.15, -0.1) is 0 Å². The molecule has 0 radical (unpaired) electrons. The molecule has 0 unspecified atom stereocenters. The molecule has 19 heavy (non-hydrogen) atoms. The summed E-state index contributed by atoms with van der Waals surface area (Å²) in [6.45, 7) is 4.06. The van der Waals surface area contributed by atoms with E-state index in [0.717, 1.165) is 29.7 Å². The van der Waals surface area contributed by atoms with E-state index >= 15 is 0 Å². The maximum Gasteiger partial charge on any atom is 0.323 e. The van der Waals surface area contributed by atoms with Crippen molar-refractivity contribution in [3.8, 4) is 0 Å². The molecule has 0 spiro atoms. The zero-order valence-corrected chi connectivity index (χ0v) is 11.8. The van der Waals surface area contributed by atoms with Crippen LogP contribution in [0.1, 0.15) is 43.2 Å². The first-order valence-electron chi connectivity index (χ1n) is 6.97. The van der Waals surface area contributed by atoms with Gasteiger partial charge in [0, 0.05) is 11.9 Å². The maximum atomic E-state index is 11.8. The SMILES string of the molecule is Cc1cc(C)cc(NC(=O)NC=C2CCCCC2)c1. The van der Waals surface area contributed by atoms with Crippen molar-refractivity contribution >= 4 is 11.7 Å². The van der Waals surface area contributed by atoms with Crippen LogP contribution in [0.4, 0.5) is 10.5 Å². The van der Waals surface area contributed by atoms with E-state index in [0.29, 0.717) is 0 Å². The first kappa shape index (κ1) is 13.7. The van der Waals surface area contributed by atoms with Gasteiger partial charge in [-0.05, 0) is 62.8 Å². The summed E-state index contributed by atoms with van der Waals surface area (Å²) in [5.74, 6) is 0. The van der Waals surface area contributed by atoms with E-state index in [1.807, 2.05) is 32.2 Å². The number of rotatable bonds is 2. The fourth-order valence-corrected chi connectivity index (χ4v) is 2.53. The van der Waals surface area contributed by atoms with E-state index in [9.17, 15) is 4.79 Å². The third-order valence-electron chi connectivity index (χ3n) is 3.38. The van der Waals surface area contributed by atoms with Crippen LogP contribution in [0.25, 0.3) is 0 Å². The normalized spacial score (nSPS) is 14.9. The Kier molecular flexibility index (Phi) is 4.61. The van der Waals surface area contributed by atoms with Crippen LogP contribution in [-0.2, 0) is 0 Å². The second kappa shape index (κ2) is 6.41. The standard InChI is InChI=1S/C16H22N2O/c1-12-8-13(2)10-15(9-12)18-16(19)17-11-14-6-4-3-5-7-14/h8-11H,3-7H2,1-2H3,(H2,17,18,19). The quantitative estimate of drug-likeness (QED) is 0.817. The van der Waals surface area contributed by atoms with Gasteiger partial charge in [-0.2, -0.15) is 0 Å². The van der Waals surface area contributed by atoms with Gasteiger partial charge < -0.3 is 10.6 Å². The Balaban J connectivity index is 1.90. The summed E-state index contributed by atoms with van der Waals surface area (Å²) in [7, 11) is 0. The lowest BCUT2D eigenvalue weighted by atomic mass is 9.96. The fourth-order valence-electron chi connectivity index (χ4n) is 2.53. The molecule has 0 aliphatic heterocycles. The van der Waals surface area contributed by atoms with E-state index in [4.69, 9.17) is 0 Å². The van der Waals surface area contributed by atoms with Gasteiger partial charge in [-0.25, -0.2) is 4.79 Å². The van der Waals surface area contributed by atoms with E-state index in [1.54, 1.807) is 0 Å². The Bertz CT molecular complexity index is 463. The van der Waals surface area contributed by atoms with Gasteiger partial charge in [0.2, 0.25) is 0 Å². The smallest absolute Gasteiger partial charge is 0.314 e. The first-order chi connectivity index (χ1) is 9.13. The summed E-state index contributed by atoms with van der Waals surface area (Å²) in [5, 5.41) is 5.70. The van der Waals surface area contributed by atoms with Crippen molar-refractivity contribution in [2.24, 2.45) is 0 Å². The van der Waals surface area contributed by atoms with Crippen LogP contribution >= 0.6 is 0 Å². The van der Waals surface area contributed by atoms with Crippen LogP contribution in [0.15, 0.2) is 30.0 Å². The molecular formula is C16H22N2O. The number of amides is 2. The molecule has 1 saturated carbocycles. The number of nitrogens with one attached hydrogen (secondary N) is 2. The Morgan fingerprint density at radius 3 is 2.32 bits per heavy atom. The van der Waals surface area contributed by atoms with Gasteiger partial charge in [-0.3, -0.25) is 0 Å². The summed E-state index contributed by atoms with van der Waals surface area (Å²) in [6.07, 6.45) is 7.90. The average Bonchev–Trinajstić information content (AvgIpc) is 2.36. The van der Waals surface area contributed by atoms with Crippen molar-refractivity contribution in [3.63, 3.8) is 0 Å². The highest BCUT2D eigenvalue weighted by Crippen LogP contribution is 2.21. The van der Waals surface area contributed by atoms with E-state index in [-0.39, 0.29) is 6.03 Å². The minimum absolute atomic E-state index is 0.164. The number of hydrogen-bond acceptors (Lipinski definition) is 1. The highest BCUT2D eigenvalue weighted by Gasteiger charge is 2.06. The highest BCUT2D eigenvalue weighted by atomic mass is 16.2. The average molecular weight is 258 g/mol. The molecule has 1 fully saturated rings. The van der Waals surface area contributed by atoms with Crippen LogP contribution in [0.3, 0.4) is 0 Å². The van der Waals surface area contributed by atoms with E-state index < -0.39 is 0 Å². The zero-order chi connectivity index (χ0) is 13.7. The number of urea groups is 1. The summed E-state index contributed by atoms with van der Waals surface area (Å²) in [5.41, 5.74) is 4.50. The molecule has 0 bridgehead atoms. The molecular weight excluding hydrogens is 236 g/mol. The minimum Gasteiger partial charge on any atom is -0.314 e. The van der Waals surface area contributed by atoms with Crippen molar-refractivity contribution in [2.75, 3.05) is 5.32 Å². The summed E-state index contributed by atoms with van der Waals surface area (Å²) in [4.78, 5) is 11.8. The lowest BCUT2D eigenvalue weighted by Gasteiger charge is -2.13. The third-order valence-corrected chi connectivity index (χ3v) is 3.38. The molecule has 1 aliphatic rings. The predicted octanol–water partition coefficient (Wildman–Crippen LogP) is 4.27. The fraction of sp³-hybridized carbons (Fsp3) is 0.438. The molecule has 1 aliphatic carbocycles. The van der Waals surface area contributed by atoms with Crippen molar-refractivity contribution in [2.45, 2.75) is 46.0 Å². The van der Waals surface area contributed by atoms with Gasteiger partial charge in [-0.1, -0.05) is 18.1 Å². The van der Waals surface area contributed by atoms with Crippen molar-refractivity contribution in [1.29, 1.82) is 0 Å². The number of hydrogen-bond donors (Lipinski definition) is 2. The molecule has 2 N–H and O–H groups in total. The lowest BCUT2D eigenvalue weighted by molar-refractivity contribution is 0.255. The van der Waals surface area contributed by atoms with Crippen LogP contribution < -0.4 is 10.6 Å². The molecule has 1 aromatic carbocycles. The first-order valence-corrected chi connectivity index (χ1v) is 6.97. The zero-order valence-electron chi connectivity index (χ0n) is 11.8. The monoisotopic (exact) mass is 258 g/mol. The number of anilines is 1.